The molecule has 0 N–H and O–H groups in total. The van der Waals surface area contributed by atoms with Crippen LogP contribution in [0, 0.1) is 15.9 Å². The molecule has 0 saturated carbocycles. The predicted molar refractivity (Wildman–Crippen MR) is 61.3 cm³/mol. The Kier molecular flexibility index (Phi) is 4.68. The third kappa shape index (κ3) is 3.77. The van der Waals surface area contributed by atoms with Crippen molar-refractivity contribution in [1.29, 1.82) is 0 Å². The molecule has 1 unspecified atom stereocenters. The van der Waals surface area contributed by atoms with Gasteiger partial charge in [-0.05, 0) is 30.9 Å². The van der Waals surface area contributed by atoms with Gasteiger partial charge in [-0.15, -0.1) is 11.6 Å². The molecular weight excluding hydrogens is 233 g/mol. The van der Waals surface area contributed by atoms with Crippen molar-refractivity contribution in [2.75, 3.05) is 0 Å². The standard InChI is InChI=1S/C11H13ClFNO2/c1-2-9(12)4-3-8-5-10(13)7-11(6-8)14(15)16/h5-7,9H,2-4H2,1H3. The van der Waals surface area contributed by atoms with Gasteiger partial charge in [0.15, 0.2) is 0 Å². The van der Waals surface area contributed by atoms with Gasteiger partial charge in [0.2, 0.25) is 0 Å². The lowest BCUT2D eigenvalue weighted by atomic mass is 10.1. The van der Waals surface area contributed by atoms with Crippen LogP contribution < -0.4 is 0 Å². The van der Waals surface area contributed by atoms with Crippen LogP contribution >= 0.6 is 11.6 Å². The number of benzene rings is 1. The summed E-state index contributed by atoms with van der Waals surface area (Å²) in [4.78, 5) is 9.92. The molecule has 3 nitrogen and oxygen atoms in total. The maximum Gasteiger partial charge on any atom is 0.272 e. The summed E-state index contributed by atoms with van der Waals surface area (Å²) in [5, 5.41) is 10.5. The molecule has 0 aliphatic rings. The number of halogens is 2. The third-order valence-electron chi connectivity index (χ3n) is 2.34. The minimum Gasteiger partial charge on any atom is -0.258 e. The lowest BCUT2D eigenvalue weighted by Gasteiger charge is -2.06. The molecule has 0 fully saturated rings. The summed E-state index contributed by atoms with van der Waals surface area (Å²) in [7, 11) is 0. The molecule has 88 valence electrons. The van der Waals surface area contributed by atoms with Gasteiger partial charge in [0.25, 0.3) is 5.69 Å². The molecule has 0 aliphatic carbocycles. The normalized spacial score (nSPS) is 12.4. The Morgan fingerprint density at radius 2 is 2.19 bits per heavy atom. The highest BCUT2D eigenvalue weighted by Crippen LogP contribution is 2.19. The van der Waals surface area contributed by atoms with Gasteiger partial charge >= 0.3 is 0 Å². The Labute approximate surface area is 98.4 Å². The first-order valence-corrected chi connectivity index (χ1v) is 5.54. The average molecular weight is 246 g/mol. The number of non-ortho nitro benzene ring substituents is 1. The van der Waals surface area contributed by atoms with E-state index in [2.05, 4.69) is 0 Å². The summed E-state index contributed by atoms with van der Waals surface area (Å²) in [5.74, 6) is -0.577. The van der Waals surface area contributed by atoms with Gasteiger partial charge in [0, 0.05) is 11.4 Å². The first-order valence-electron chi connectivity index (χ1n) is 5.11. The minimum atomic E-state index is -0.593. The molecule has 1 rings (SSSR count). The van der Waals surface area contributed by atoms with Crippen molar-refractivity contribution < 1.29 is 9.31 Å². The van der Waals surface area contributed by atoms with Crippen LogP contribution in [0.4, 0.5) is 10.1 Å². The lowest BCUT2D eigenvalue weighted by molar-refractivity contribution is -0.385. The summed E-state index contributed by atoms with van der Waals surface area (Å²) < 4.78 is 13.1. The van der Waals surface area contributed by atoms with Crippen LogP contribution in [0.2, 0.25) is 0 Å². The van der Waals surface area contributed by atoms with Crippen molar-refractivity contribution in [2.45, 2.75) is 31.6 Å². The predicted octanol–water partition coefficient (Wildman–Crippen LogP) is 3.68. The van der Waals surface area contributed by atoms with Crippen LogP contribution in [0.5, 0.6) is 0 Å². The van der Waals surface area contributed by atoms with E-state index in [4.69, 9.17) is 11.6 Å². The molecule has 1 atom stereocenters. The number of nitro groups is 1. The monoisotopic (exact) mass is 245 g/mol. The van der Waals surface area contributed by atoms with Crippen LogP contribution in [0.15, 0.2) is 18.2 Å². The Balaban J connectivity index is 2.76. The summed E-state index contributed by atoms with van der Waals surface area (Å²) >= 11 is 5.93. The van der Waals surface area contributed by atoms with E-state index in [1.54, 1.807) is 0 Å². The van der Waals surface area contributed by atoms with Crippen LogP contribution in [0.3, 0.4) is 0 Å². The van der Waals surface area contributed by atoms with Crippen LogP contribution in [0.25, 0.3) is 0 Å². The number of nitro benzene ring substituents is 1. The molecule has 0 amide bonds. The Hall–Kier alpha value is -1.16. The SMILES string of the molecule is CCC(Cl)CCc1cc(F)cc([N+](=O)[O-])c1. The van der Waals surface area contributed by atoms with Crippen LogP contribution in [0.1, 0.15) is 25.3 Å². The summed E-state index contributed by atoms with van der Waals surface area (Å²) in [6.45, 7) is 1.96. The van der Waals surface area contributed by atoms with E-state index in [9.17, 15) is 14.5 Å². The van der Waals surface area contributed by atoms with E-state index < -0.39 is 10.7 Å². The first kappa shape index (κ1) is 12.9. The van der Waals surface area contributed by atoms with Gasteiger partial charge in [-0.2, -0.15) is 0 Å². The largest absolute Gasteiger partial charge is 0.272 e. The summed E-state index contributed by atoms with van der Waals surface area (Å²) in [6, 6.07) is 3.62. The summed E-state index contributed by atoms with van der Waals surface area (Å²) in [5.41, 5.74) is 0.406. The lowest BCUT2D eigenvalue weighted by Crippen LogP contribution is -2.00. The quantitative estimate of drug-likeness (QED) is 0.451. The molecule has 5 heteroatoms. The van der Waals surface area contributed by atoms with Gasteiger partial charge < -0.3 is 0 Å². The van der Waals surface area contributed by atoms with Crippen molar-refractivity contribution in [3.05, 3.63) is 39.7 Å². The van der Waals surface area contributed by atoms with E-state index >= 15 is 0 Å². The second kappa shape index (κ2) is 5.80. The van der Waals surface area contributed by atoms with Crippen molar-refractivity contribution in [3.63, 3.8) is 0 Å². The number of hydrogen-bond donors (Lipinski definition) is 0. The van der Waals surface area contributed by atoms with Crippen LogP contribution in [-0.2, 0) is 6.42 Å². The highest BCUT2D eigenvalue weighted by molar-refractivity contribution is 6.20. The third-order valence-corrected chi connectivity index (χ3v) is 2.87. The molecule has 0 aromatic heterocycles. The highest BCUT2D eigenvalue weighted by Gasteiger charge is 2.10. The van der Waals surface area contributed by atoms with E-state index in [0.717, 1.165) is 12.5 Å². The van der Waals surface area contributed by atoms with Gasteiger partial charge in [-0.3, -0.25) is 10.1 Å². The number of aryl methyl sites for hydroxylation is 1. The number of rotatable bonds is 5. The molecule has 0 spiro atoms. The smallest absolute Gasteiger partial charge is 0.258 e. The molecule has 0 aliphatic heterocycles. The van der Waals surface area contributed by atoms with Gasteiger partial charge in [-0.1, -0.05) is 6.92 Å². The maximum atomic E-state index is 13.1. The van der Waals surface area contributed by atoms with Crippen molar-refractivity contribution >= 4 is 17.3 Å². The molecule has 0 saturated heterocycles. The fourth-order valence-electron chi connectivity index (χ4n) is 1.41. The van der Waals surface area contributed by atoms with Gasteiger partial charge in [0.05, 0.1) is 11.0 Å². The molecule has 1 aromatic carbocycles. The number of hydrogen-bond acceptors (Lipinski definition) is 2. The van der Waals surface area contributed by atoms with E-state index in [1.807, 2.05) is 6.92 Å². The van der Waals surface area contributed by atoms with E-state index in [0.29, 0.717) is 18.4 Å². The van der Waals surface area contributed by atoms with Gasteiger partial charge in [0.1, 0.15) is 5.82 Å². The Morgan fingerprint density at radius 1 is 1.50 bits per heavy atom. The average Bonchev–Trinajstić information content (AvgIpc) is 2.25. The second-order valence-electron chi connectivity index (χ2n) is 3.62. The molecule has 0 radical (unpaired) electrons. The fourth-order valence-corrected chi connectivity index (χ4v) is 1.52. The zero-order valence-electron chi connectivity index (χ0n) is 8.95. The highest BCUT2D eigenvalue weighted by atomic mass is 35.5. The maximum absolute atomic E-state index is 13.1. The molecule has 16 heavy (non-hydrogen) atoms. The van der Waals surface area contributed by atoms with Gasteiger partial charge in [-0.25, -0.2) is 4.39 Å². The zero-order chi connectivity index (χ0) is 12.1. The van der Waals surface area contributed by atoms with E-state index in [1.165, 1.54) is 12.1 Å². The summed E-state index contributed by atoms with van der Waals surface area (Å²) in [6.07, 6.45) is 2.08. The van der Waals surface area contributed by atoms with Crippen molar-refractivity contribution in [3.8, 4) is 0 Å². The number of alkyl halides is 1. The fraction of sp³-hybridized carbons (Fsp3) is 0.455. The minimum absolute atomic E-state index is 0.0299. The molecular formula is C11H13ClFNO2. The first-order chi connectivity index (χ1) is 7.52. The van der Waals surface area contributed by atoms with Crippen molar-refractivity contribution in [2.24, 2.45) is 0 Å². The topological polar surface area (TPSA) is 43.1 Å². The van der Waals surface area contributed by atoms with E-state index in [-0.39, 0.29) is 11.1 Å². The molecule has 1 aromatic rings. The number of nitrogens with zero attached hydrogens (tertiary/aromatic N) is 1. The Bertz CT molecular complexity index is 384. The van der Waals surface area contributed by atoms with Crippen molar-refractivity contribution in [1.82, 2.24) is 0 Å². The second-order valence-corrected chi connectivity index (χ2v) is 4.24. The zero-order valence-corrected chi connectivity index (χ0v) is 9.71. The molecule has 0 heterocycles. The Morgan fingerprint density at radius 3 is 2.75 bits per heavy atom. The van der Waals surface area contributed by atoms with Crippen LogP contribution in [-0.4, -0.2) is 10.3 Å². The molecule has 0 bridgehead atoms.